The second-order valence-corrected chi connectivity index (χ2v) is 6.70. The van der Waals surface area contributed by atoms with Crippen LogP contribution in [-0.2, 0) is 12.8 Å². The Morgan fingerprint density at radius 3 is 2.44 bits per heavy atom. The first-order valence-electron chi connectivity index (χ1n) is 7.66. The Kier molecular flexibility index (Phi) is 4.23. The summed E-state index contributed by atoms with van der Waals surface area (Å²) in [4.78, 5) is 4.98. The van der Waals surface area contributed by atoms with Crippen LogP contribution in [0.2, 0.25) is 0 Å². The van der Waals surface area contributed by atoms with E-state index in [4.69, 9.17) is 0 Å². The van der Waals surface area contributed by atoms with Crippen molar-refractivity contribution >= 4 is 28.4 Å². The number of fused-ring (bicyclic) bond motifs is 3. The molecule has 4 rings (SSSR count). The Morgan fingerprint density at radius 2 is 1.78 bits per heavy atom. The topological polar surface area (TPSA) is 63.3 Å². The van der Waals surface area contributed by atoms with Gasteiger partial charge in [0.15, 0.2) is 5.65 Å². The van der Waals surface area contributed by atoms with Crippen LogP contribution in [0.15, 0.2) is 52.4 Å². The standard InChI is InChI=1S/C17H10F4N4OS/c18-10-2-4-11(5-3-10)27-15-14-23-24-16(17(19,20)21)25(14)13-7-9(8-26)1-6-12(13)22-15/h1-7,26H,8H2. The van der Waals surface area contributed by atoms with E-state index >= 15 is 0 Å². The molecular weight excluding hydrogens is 384 g/mol. The van der Waals surface area contributed by atoms with Crippen molar-refractivity contribution in [3.05, 3.63) is 59.7 Å². The van der Waals surface area contributed by atoms with E-state index in [1.54, 1.807) is 6.07 Å². The number of aromatic nitrogens is 4. The normalized spacial score (nSPS) is 12.2. The fourth-order valence-electron chi connectivity index (χ4n) is 2.62. The minimum Gasteiger partial charge on any atom is -0.392 e. The summed E-state index contributed by atoms with van der Waals surface area (Å²) in [5.74, 6) is -1.60. The van der Waals surface area contributed by atoms with E-state index in [-0.39, 0.29) is 28.3 Å². The van der Waals surface area contributed by atoms with Crippen LogP contribution in [0.1, 0.15) is 11.4 Å². The number of nitrogens with zero attached hydrogens (tertiary/aromatic N) is 4. The minimum absolute atomic E-state index is 0.0701. The average Bonchev–Trinajstić information content (AvgIpc) is 3.09. The second kappa shape index (κ2) is 6.46. The summed E-state index contributed by atoms with van der Waals surface area (Å²) in [6.45, 7) is -0.326. The molecule has 138 valence electrons. The third-order valence-electron chi connectivity index (χ3n) is 3.82. The van der Waals surface area contributed by atoms with E-state index in [1.165, 1.54) is 36.4 Å². The predicted molar refractivity (Wildman–Crippen MR) is 89.7 cm³/mol. The lowest BCUT2D eigenvalue weighted by atomic mass is 10.2. The van der Waals surface area contributed by atoms with Crippen LogP contribution in [0, 0.1) is 5.82 Å². The van der Waals surface area contributed by atoms with E-state index < -0.39 is 17.8 Å². The Labute approximate surface area is 153 Å². The van der Waals surface area contributed by atoms with Crippen LogP contribution in [0.25, 0.3) is 16.7 Å². The monoisotopic (exact) mass is 394 g/mol. The van der Waals surface area contributed by atoms with Gasteiger partial charge in [0.2, 0.25) is 5.82 Å². The van der Waals surface area contributed by atoms with Crippen LogP contribution in [0.4, 0.5) is 17.6 Å². The van der Waals surface area contributed by atoms with Crippen molar-refractivity contribution in [3.63, 3.8) is 0 Å². The molecule has 4 aromatic rings. The van der Waals surface area contributed by atoms with E-state index in [9.17, 15) is 22.7 Å². The van der Waals surface area contributed by atoms with Gasteiger partial charge in [-0.15, -0.1) is 10.2 Å². The van der Waals surface area contributed by atoms with Crippen molar-refractivity contribution < 1.29 is 22.7 Å². The fraction of sp³-hybridized carbons (Fsp3) is 0.118. The molecule has 2 heterocycles. The molecule has 0 unspecified atom stereocenters. The lowest BCUT2D eigenvalue weighted by Gasteiger charge is -2.10. The SMILES string of the molecule is OCc1ccc2nc(Sc3ccc(F)cc3)c3nnc(C(F)(F)F)n3c2c1. The van der Waals surface area contributed by atoms with E-state index in [0.29, 0.717) is 10.5 Å². The van der Waals surface area contributed by atoms with Gasteiger partial charge in [0.05, 0.1) is 17.6 Å². The minimum atomic E-state index is -4.72. The second-order valence-electron chi connectivity index (χ2n) is 5.63. The molecule has 0 saturated heterocycles. The number of hydrogen-bond donors (Lipinski definition) is 1. The highest BCUT2D eigenvalue weighted by Gasteiger charge is 2.38. The van der Waals surface area contributed by atoms with Crippen molar-refractivity contribution in [1.29, 1.82) is 0 Å². The van der Waals surface area contributed by atoms with Gasteiger partial charge in [0.25, 0.3) is 0 Å². The zero-order valence-corrected chi connectivity index (χ0v) is 14.2. The van der Waals surface area contributed by atoms with Gasteiger partial charge in [-0.2, -0.15) is 13.2 Å². The summed E-state index contributed by atoms with van der Waals surface area (Å²) in [6, 6.07) is 10.0. The van der Waals surface area contributed by atoms with Crippen molar-refractivity contribution in [2.24, 2.45) is 0 Å². The molecule has 5 nitrogen and oxygen atoms in total. The molecule has 0 bridgehead atoms. The average molecular weight is 394 g/mol. The molecule has 0 amide bonds. The number of benzene rings is 2. The van der Waals surface area contributed by atoms with Gasteiger partial charge in [-0.25, -0.2) is 9.37 Å². The Hall–Kier alpha value is -2.72. The van der Waals surface area contributed by atoms with Crippen LogP contribution in [0.3, 0.4) is 0 Å². The quantitative estimate of drug-likeness (QED) is 0.531. The molecule has 0 aliphatic heterocycles. The zero-order valence-electron chi connectivity index (χ0n) is 13.4. The molecule has 0 fully saturated rings. The largest absolute Gasteiger partial charge is 0.452 e. The van der Waals surface area contributed by atoms with Gasteiger partial charge in [0.1, 0.15) is 10.8 Å². The van der Waals surface area contributed by atoms with E-state index in [1.807, 2.05) is 0 Å². The molecule has 1 N–H and O–H groups in total. The first kappa shape index (κ1) is 17.7. The number of alkyl halides is 3. The highest BCUT2D eigenvalue weighted by molar-refractivity contribution is 7.99. The molecular formula is C17H10F4N4OS. The van der Waals surface area contributed by atoms with Crippen LogP contribution in [0.5, 0.6) is 0 Å². The highest BCUT2D eigenvalue weighted by Crippen LogP contribution is 2.35. The van der Waals surface area contributed by atoms with Crippen LogP contribution in [-0.4, -0.2) is 24.7 Å². The summed E-state index contributed by atoms with van der Waals surface area (Å²) in [6.07, 6.45) is -4.72. The van der Waals surface area contributed by atoms with Gasteiger partial charge >= 0.3 is 6.18 Å². The van der Waals surface area contributed by atoms with Crippen molar-refractivity contribution in [3.8, 4) is 0 Å². The summed E-state index contributed by atoms with van der Waals surface area (Å²) in [5.41, 5.74) is 0.789. The molecule has 2 aromatic heterocycles. The van der Waals surface area contributed by atoms with Crippen molar-refractivity contribution in [2.45, 2.75) is 22.7 Å². The number of aliphatic hydroxyl groups is 1. The lowest BCUT2D eigenvalue weighted by molar-refractivity contribution is -0.145. The van der Waals surface area contributed by atoms with Crippen molar-refractivity contribution in [2.75, 3.05) is 0 Å². The van der Waals surface area contributed by atoms with Gasteiger partial charge in [-0.1, -0.05) is 17.8 Å². The maximum absolute atomic E-state index is 13.4. The lowest BCUT2D eigenvalue weighted by Crippen LogP contribution is -2.12. The van der Waals surface area contributed by atoms with Gasteiger partial charge < -0.3 is 5.11 Å². The van der Waals surface area contributed by atoms with Gasteiger partial charge in [0, 0.05) is 4.90 Å². The number of rotatable bonds is 3. The number of hydrogen-bond acceptors (Lipinski definition) is 5. The molecule has 0 aliphatic rings. The predicted octanol–water partition coefficient (Wildman–Crippen LogP) is 4.08. The summed E-state index contributed by atoms with van der Waals surface area (Å²) < 4.78 is 54.2. The zero-order chi connectivity index (χ0) is 19.2. The fourth-order valence-corrected chi connectivity index (χ4v) is 3.48. The maximum Gasteiger partial charge on any atom is 0.452 e. The molecule has 2 aromatic carbocycles. The molecule has 0 spiro atoms. The molecule has 10 heteroatoms. The Morgan fingerprint density at radius 1 is 1.04 bits per heavy atom. The first-order valence-corrected chi connectivity index (χ1v) is 8.48. The molecule has 0 aliphatic carbocycles. The molecule has 0 saturated carbocycles. The molecule has 0 atom stereocenters. The Balaban J connectivity index is 1.99. The van der Waals surface area contributed by atoms with Gasteiger partial charge in [-0.3, -0.25) is 4.40 Å². The number of halogens is 4. The third-order valence-corrected chi connectivity index (χ3v) is 4.80. The highest BCUT2D eigenvalue weighted by atomic mass is 32.2. The smallest absolute Gasteiger partial charge is 0.392 e. The molecule has 0 radical (unpaired) electrons. The van der Waals surface area contributed by atoms with Crippen LogP contribution >= 0.6 is 11.8 Å². The van der Waals surface area contributed by atoms with Gasteiger partial charge in [-0.05, 0) is 42.0 Å². The summed E-state index contributed by atoms with van der Waals surface area (Å²) in [7, 11) is 0. The maximum atomic E-state index is 13.4. The summed E-state index contributed by atoms with van der Waals surface area (Å²) >= 11 is 1.06. The van der Waals surface area contributed by atoms with E-state index in [0.717, 1.165) is 16.2 Å². The Bertz CT molecular complexity index is 1140. The third kappa shape index (κ3) is 3.21. The molecule has 27 heavy (non-hydrogen) atoms. The van der Waals surface area contributed by atoms with Crippen LogP contribution < -0.4 is 0 Å². The summed E-state index contributed by atoms with van der Waals surface area (Å²) in [5, 5.41) is 16.5. The van der Waals surface area contributed by atoms with Crippen molar-refractivity contribution in [1.82, 2.24) is 19.6 Å². The van der Waals surface area contributed by atoms with E-state index in [2.05, 4.69) is 15.2 Å². The number of aliphatic hydroxyl groups excluding tert-OH is 1. The first-order chi connectivity index (χ1) is 12.9.